The van der Waals surface area contributed by atoms with Crippen LogP contribution in [0.15, 0.2) is 0 Å². The molecule has 0 N–H and O–H groups in total. The molecular weight excluding hydrogens is 212 g/mol. The lowest BCUT2D eigenvalue weighted by Gasteiger charge is -2.29. The van der Waals surface area contributed by atoms with Gasteiger partial charge in [-0.2, -0.15) is 0 Å². The van der Waals surface area contributed by atoms with Gasteiger partial charge in [0.2, 0.25) is 0 Å². The minimum absolute atomic E-state index is 0.102. The predicted octanol–water partition coefficient (Wildman–Crippen LogP) is 4.08. The van der Waals surface area contributed by atoms with Crippen LogP contribution in [-0.2, 0) is 9.53 Å². The first-order chi connectivity index (χ1) is 8.29. The van der Waals surface area contributed by atoms with Gasteiger partial charge in [-0.15, -0.1) is 0 Å². The SMILES string of the molecule is CCC1CCC(OC(=O)C2CCCCC2)CC1. The fourth-order valence-corrected chi connectivity index (χ4v) is 3.26. The Morgan fingerprint density at radius 2 is 1.65 bits per heavy atom. The second kappa shape index (κ2) is 6.42. The molecule has 0 aromatic carbocycles. The molecule has 2 aliphatic carbocycles. The third-order valence-corrected chi connectivity index (χ3v) is 4.59. The molecule has 0 heterocycles. The van der Waals surface area contributed by atoms with Crippen LogP contribution in [0, 0.1) is 11.8 Å². The molecule has 2 rings (SSSR count). The molecule has 0 unspecified atom stereocenters. The summed E-state index contributed by atoms with van der Waals surface area (Å²) in [5.41, 5.74) is 0. The topological polar surface area (TPSA) is 26.3 Å². The van der Waals surface area contributed by atoms with Gasteiger partial charge in [-0.3, -0.25) is 4.79 Å². The number of hydrogen-bond donors (Lipinski definition) is 0. The van der Waals surface area contributed by atoms with Crippen molar-refractivity contribution in [2.45, 2.75) is 77.2 Å². The van der Waals surface area contributed by atoms with Gasteiger partial charge < -0.3 is 4.74 Å². The fraction of sp³-hybridized carbons (Fsp3) is 0.933. The first-order valence-corrected chi connectivity index (χ1v) is 7.50. The number of esters is 1. The van der Waals surface area contributed by atoms with Crippen molar-refractivity contribution >= 4 is 5.97 Å². The predicted molar refractivity (Wildman–Crippen MR) is 68.7 cm³/mol. The van der Waals surface area contributed by atoms with E-state index in [1.165, 1.54) is 38.5 Å². The van der Waals surface area contributed by atoms with Crippen LogP contribution in [0.1, 0.15) is 71.1 Å². The maximum absolute atomic E-state index is 12.0. The van der Waals surface area contributed by atoms with Crippen LogP contribution in [0.4, 0.5) is 0 Å². The summed E-state index contributed by atoms with van der Waals surface area (Å²) >= 11 is 0. The zero-order chi connectivity index (χ0) is 12.1. The Hall–Kier alpha value is -0.530. The first kappa shape index (κ1) is 12.9. The molecule has 2 heteroatoms. The van der Waals surface area contributed by atoms with Gasteiger partial charge in [-0.05, 0) is 44.4 Å². The van der Waals surface area contributed by atoms with Gasteiger partial charge in [-0.25, -0.2) is 0 Å². The molecule has 0 saturated heterocycles. The van der Waals surface area contributed by atoms with Crippen molar-refractivity contribution < 1.29 is 9.53 Å². The highest BCUT2D eigenvalue weighted by atomic mass is 16.5. The summed E-state index contributed by atoms with van der Waals surface area (Å²) in [6.07, 6.45) is 12.0. The molecular formula is C15H26O2. The highest BCUT2D eigenvalue weighted by Gasteiger charge is 2.27. The molecule has 2 saturated carbocycles. The van der Waals surface area contributed by atoms with Gasteiger partial charge in [-0.1, -0.05) is 32.6 Å². The molecule has 2 nitrogen and oxygen atoms in total. The van der Waals surface area contributed by atoms with E-state index < -0.39 is 0 Å². The van der Waals surface area contributed by atoms with E-state index in [-0.39, 0.29) is 18.0 Å². The average molecular weight is 238 g/mol. The van der Waals surface area contributed by atoms with E-state index in [1.807, 2.05) is 0 Å². The van der Waals surface area contributed by atoms with Gasteiger partial charge in [0, 0.05) is 0 Å². The fourth-order valence-electron chi connectivity index (χ4n) is 3.26. The molecule has 0 amide bonds. The third kappa shape index (κ3) is 3.72. The average Bonchev–Trinajstić information content (AvgIpc) is 2.40. The highest BCUT2D eigenvalue weighted by Crippen LogP contribution is 2.30. The minimum Gasteiger partial charge on any atom is -0.462 e. The maximum atomic E-state index is 12.0. The Balaban J connectivity index is 1.71. The van der Waals surface area contributed by atoms with E-state index in [2.05, 4.69) is 6.92 Å². The minimum atomic E-state index is 0.102. The van der Waals surface area contributed by atoms with Crippen LogP contribution in [-0.4, -0.2) is 12.1 Å². The van der Waals surface area contributed by atoms with Crippen LogP contribution in [0.2, 0.25) is 0 Å². The summed E-state index contributed by atoms with van der Waals surface area (Å²) in [5, 5.41) is 0. The van der Waals surface area contributed by atoms with Gasteiger partial charge >= 0.3 is 5.97 Å². The van der Waals surface area contributed by atoms with Crippen LogP contribution >= 0.6 is 0 Å². The smallest absolute Gasteiger partial charge is 0.309 e. The van der Waals surface area contributed by atoms with E-state index in [0.29, 0.717) is 0 Å². The molecule has 2 aliphatic rings. The molecule has 17 heavy (non-hydrogen) atoms. The van der Waals surface area contributed by atoms with Gasteiger partial charge in [0.1, 0.15) is 6.10 Å². The molecule has 0 radical (unpaired) electrons. The summed E-state index contributed by atoms with van der Waals surface area (Å²) < 4.78 is 5.68. The van der Waals surface area contributed by atoms with Crippen LogP contribution in [0.25, 0.3) is 0 Å². The lowest BCUT2D eigenvalue weighted by Crippen LogP contribution is -2.28. The van der Waals surface area contributed by atoms with Crippen LogP contribution < -0.4 is 0 Å². The first-order valence-electron chi connectivity index (χ1n) is 7.50. The molecule has 0 aromatic heterocycles. The molecule has 0 aromatic rings. The van der Waals surface area contributed by atoms with Gasteiger partial charge in [0.15, 0.2) is 0 Å². The zero-order valence-corrected chi connectivity index (χ0v) is 11.1. The largest absolute Gasteiger partial charge is 0.462 e. The number of hydrogen-bond acceptors (Lipinski definition) is 2. The van der Waals surface area contributed by atoms with E-state index in [1.54, 1.807) is 0 Å². The van der Waals surface area contributed by atoms with E-state index in [9.17, 15) is 4.79 Å². The van der Waals surface area contributed by atoms with E-state index in [4.69, 9.17) is 4.74 Å². The van der Waals surface area contributed by atoms with Crippen molar-refractivity contribution in [2.24, 2.45) is 11.8 Å². The Kier molecular flexibility index (Phi) is 4.87. The second-order valence-electron chi connectivity index (χ2n) is 5.82. The van der Waals surface area contributed by atoms with Gasteiger partial charge in [0.25, 0.3) is 0 Å². The van der Waals surface area contributed by atoms with Crippen molar-refractivity contribution in [3.8, 4) is 0 Å². The molecule has 98 valence electrons. The lowest BCUT2D eigenvalue weighted by atomic mass is 9.85. The molecule has 0 spiro atoms. The summed E-state index contributed by atoms with van der Waals surface area (Å²) in [7, 11) is 0. The van der Waals surface area contributed by atoms with Crippen LogP contribution in [0.3, 0.4) is 0 Å². The van der Waals surface area contributed by atoms with Crippen molar-refractivity contribution in [3.05, 3.63) is 0 Å². The van der Waals surface area contributed by atoms with Crippen molar-refractivity contribution in [2.75, 3.05) is 0 Å². The number of rotatable bonds is 3. The number of carbonyl (C=O) groups is 1. The molecule has 2 fully saturated rings. The standard InChI is InChI=1S/C15H26O2/c1-2-12-8-10-14(11-9-12)17-15(16)13-6-4-3-5-7-13/h12-14H,2-11H2,1H3. The van der Waals surface area contributed by atoms with E-state index >= 15 is 0 Å². The quantitative estimate of drug-likeness (QED) is 0.692. The lowest BCUT2D eigenvalue weighted by molar-refractivity contribution is -0.157. The summed E-state index contributed by atoms with van der Waals surface area (Å²) in [6.45, 7) is 2.26. The Bertz CT molecular complexity index is 235. The molecule has 0 atom stereocenters. The summed E-state index contributed by atoms with van der Waals surface area (Å²) in [4.78, 5) is 12.0. The van der Waals surface area contributed by atoms with Crippen molar-refractivity contribution in [1.82, 2.24) is 0 Å². The van der Waals surface area contributed by atoms with Crippen molar-refractivity contribution in [1.29, 1.82) is 0 Å². The maximum Gasteiger partial charge on any atom is 0.309 e. The van der Waals surface area contributed by atoms with Gasteiger partial charge in [0.05, 0.1) is 5.92 Å². The summed E-state index contributed by atoms with van der Waals surface area (Å²) in [5.74, 6) is 1.19. The van der Waals surface area contributed by atoms with Crippen molar-refractivity contribution in [3.63, 3.8) is 0 Å². The zero-order valence-electron chi connectivity index (χ0n) is 11.1. The Labute approximate surface area is 105 Å². The second-order valence-corrected chi connectivity index (χ2v) is 5.82. The highest BCUT2D eigenvalue weighted by molar-refractivity contribution is 5.72. The molecule has 0 aliphatic heterocycles. The monoisotopic (exact) mass is 238 g/mol. The normalized spacial score (nSPS) is 31.1. The molecule has 0 bridgehead atoms. The Morgan fingerprint density at radius 3 is 2.24 bits per heavy atom. The third-order valence-electron chi connectivity index (χ3n) is 4.59. The van der Waals surface area contributed by atoms with E-state index in [0.717, 1.165) is 31.6 Å². The summed E-state index contributed by atoms with van der Waals surface area (Å²) in [6, 6.07) is 0. The number of carbonyl (C=O) groups excluding carboxylic acids is 1. The number of ether oxygens (including phenoxy) is 1. The Morgan fingerprint density at radius 1 is 1.00 bits per heavy atom. The van der Waals surface area contributed by atoms with Crippen LogP contribution in [0.5, 0.6) is 0 Å².